The molecule has 0 unspecified atom stereocenters. The third-order valence-corrected chi connectivity index (χ3v) is 5.72. The standard InChI is InChI=1S/C25H33NO4/c1-6-8-13-30-18-11-9-17(10-12-18)22-21(24(28)29-7-2)16(3)26-19-14-25(4,5)15-20(27)23(19)22/h9-12,22,26H,6-8,13-15H2,1-5H3/t22-/m0/s1. The lowest BCUT2D eigenvalue weighted by molar-refractivity contribution is -0.138. The molecule has 1 heterocycles. The quantitative estimate of drug-likeness (QED) is 0.503. The van der Waals surface area contributed by atoms with E-state index in [0.717, 1.165) is 42.0 Å². The topological polar surface area (TPSA) is 64.6 Å². The minimum absolute atomic E-state index is 0.0938. The van der Waals surface area contributed by atoms with Crippen LogP contribution in [-0.4, -0.2) is 25.0 Å². The Kier molecular flexibility index (Phi) is 6.69. The molecule has 1 atom stereocenters. The zero-order chi connectivity index (χ0) is 21.9. The van der Waals surface area contributed by atoms with Crippen molar-refractivity contribution in [2.24, 2.45) is 5.41 Å². The van der Waals surface area contributed by atoms with Crippen LogP contribution in [0.1, 0.15) is 71.8 Å². The molecule has 1 aliphatic heterocycles. The minimum atomic E-state index is -0.423. The van der Waals surface area contributed by atoms with Gasteiger partial charge in [-0.3, -0.25) is 4.79 Å². The van der Waals surface area contributed by atoms with Gasteiger partial charge in [0.15, 0.2) is 5.78 Å². The van der Waals surface area contributed by atoms with Gasteiger partial charge in [0, 0.05) is 29.3 Å². The first-order chi connectivity index (χ1) is 14.3. The van der Waals surface area contributed by atoms with Gasteiger partial charge >= 0.3 is 5.97 Å². The maximum Gasteiger partial charge on any atom is 0.336 e. The van der Waals surface area contributed by atoms with E-state index >= 15 is 0 Å². The van der Waals surface area contributed by atoms with Crippen molar-refractivity contribution >= 4 is 11.8 Å². The number of ether oxygens (including phenoxy) is 2. The molecule has 3 rings (SSSR count). The van der Waals surface area contributed by atoms with Crippen LogP contribution in [0.2, 0.25) is 0 Å². The summed E-state index contributed by atoms with van der Waals surface area (Å²) in [5.41, 5.74) is 3.70. The summed E-state index contributed by atoms with van der Waals surface area (Å²) in [6, 6.07) is 7.76. The number of hydrogen-bond donors (Lipinski definition) is 1. The van der Waals surface area contributed by atoms with Gasteiger partial charge in [-0.05, 0) is 49.8 Å². The summed E-state index contributed by atoms with van der Waals surface area (Å²) in [7, 11) is 0. The predicted octanol–water partition coefficient (Wildman–Crippen LogP) is 5.03. The van der Waals surface area contributed by atoms with Gasteiger partial charge in [0.1, 0.15) is 5.75 Å². The van der Waals surface area contributed by atoms with Crippen LogP contribution in [-0.2, 0) is 14.3 Å². The molecule has 30 heavy (non-hydrogen) atoms. The van der Waals surface area contributed by atoms with Crippen molar-refractivity contribution in [2.45, 2.75) is 66.2 Å². The van der Waals surface area contributed by atoms with E-state index in [4.69, 9.17) is 9.47 Å². The summed E-state index contributed by atoms with van der Waals surface area (Å²) < 4.78 is 11.1. The monoisotopic (exact) mass is 411 g/mol. The van der Waals surface area contributed by atoms with Crippen LogP contribution in [0.15, 0.2) is 46.8 Å². The third-order valence-electron chi connectivity index (χ3n) is 5.72. The van der Waals surface area contributed by atoms with Crippen molar-refractivity contribution in [3.05, 3.63) is 52.4 Å². The number of nitrogens with one attached hydrogen (secondary N) is 1. The Hall–Kier alpha value is -2.56. The second-order valence-corrected chi connectivity index (χ2v) is 8.92. The largest absolute Gasteiger partial charge is 0.494 e. The first-order valence-corrected chi connectivity index (χ1v) is 10.9. The Morgan fingerprint density at radius 2 is 1.87 bits per heavy atom. The van der Waals surface area contributed by atoms with Crippen LogP contribution in [0.4, 0.5) is 0 Å². The molecule has 0 spiro atoms. The number of rotatable bonds is 7. The number of hydrogen-bond acceptors (Lipinski definition) is 5. The molecule has 0 amide bonds. The van der Waals surface area contributed by atoms with E-state index < -0.39 is 5.92 Å². The van der Waals surface area contributed by atoms with Gasteiger partial charge in [-0.15, -0.1) is 0 Å². The Morgan fingerprint density at radius 3 is 2.50 bits per heavy atom. The zero-order valence-corrected chi connectivity index (χ0v) is 18.8. The summed E-state index contributed by atoms with van der Waals surface area (Å²) in [6.45, 7) is 11.0. The number of dihydropyridines is 1. The summed E-state index contributed by atoms with van der Waals surface area (Å²) >= 11 is 0. The van der Waals surface area contributed by atoms with Crippen molar-refractivity contribution in [1.29, 1.82) is 0 Å². The molecular weight excluding hydrogens is 378 g/mol. The molecule has 0 fully saturated rings. The predicted molar refractivity (Wildman–Crippen MR) is 117 cm³/mol. The highest BCUT2D eigenvalue weighted by atomic mass is 16.5. The fourth-order valence-electron chi connectivity index (χ4n) is 4.34. The smallest absolute Gasteiger partial charge is 0.336 e. The molecule has 1 aliphatic carbocycles. The lowest BCUT2D eigenvalue weighted by atomic mass is 9.68. The highest BCUT2D eigenvalue weighted by Crippen LogP contribution is 2.46. The van der Waals surface area contributed by atoms with Crippen molar-refractivity contribution < 1.29 is 19.1 Å². The average molecular weight is 412 g/mol. The van der Waals surface area contributed by atoms with E-state index in [9.17, 15) is 9.59 Å². The normalized spacial score (nSPS) is 20.6. The lowest BCUT2D eigenvalue weighted by Crippen LogP contribution is -2.38. The molecule has 1 aromatic rings. The second kappa shape index (κ2) is 9.07. The van der Waals surface area contributed by atoms with E-state index in [1.54, 1.807) is 6.92 Å². The number of benzene rings is 1. The van der Waals surface area contributed by atoms with Crippen LogP contribution >= 0.6 is 0 Å². The van der Waals surface area contributed by atoms with Gasteiger partial charge < -0.3 is 14.8 Å². The van der Waals surface area contributed by atoms with Gasteiger partial charge in [0.25, 0.3) is 0 Å². The number of unbranched alkanes of at least 4 members (excludes halogenated alkanes) is 1. The maximum absolute atomic E-state index is 13.2. The third kappa shape index (κ3) is 4.61. The van der Waals surface area contributed by atoms with Gasteiger partial charge in [-0.2, -0.15) is 0 Å². The van der Waals surface area contributed by atoms with E-state index in [-0.39, 0.29) is 17.2 Å². The highest BCUT2D eigenvalue weighted by molar-refractivity contribution is 6.04. The number of carbonyl (C=O) groups excluding carboxylic acids is 2. The fraction of sp³-hybridized carbons (Fsp3) is 0.520. The summed E-state index contributed by atoms with van der Waals surface area (Å²) in [6.07, 6.45) is 3.33. The van der Waals surface area contributed by atoms with Crippen LogP contribution in [0.5, 0.6) is 5.75 Å². The van der Waals surface area contributed by atoms with E-state index in [0.29, 0.717) is 30.8 Å². The lowest BCUT2D eigenvalue weighted by Gasteiger charge is -2.39. The average Bonchev–Trinajstić information content (AvgIpc) is 2.67. The van der Waals surface area contributed by atoms with Crippen LogP contribution in [0.3, 0.4) is 0 Å². The first-order valence-electron chi connectivity index (χ1n) is 10.9. The van der Waals surface area contributed by atoms with Crippen LogP contribution in [0.25, 0.3) is 0 Å². The van der Waals surface area contributed by atoms with E-state index in [1.165, 1.54) is 0 Å². The van der Waals surface area contributed by atoms with Gasteiger partial charge in [-0.1, -0.05) is 39.3 Å². The number of Topliss-reactive ketones (excluding diaryl/α,β-unsaturated/α-hetero) is 1. The SMILES string of the molecule is CCCCOc1ccc([C@H]2C(C(=O)OCC)=C(C)NC3=C2C(=O)CC(C)(C)C3)cc1. The van der Waals surface area contributed by atoms with Crippen molar-refractivity contribution in [3.8, 4) is 5.75 Å². The minimum Gasteiger partial charge on any atom is -0.494 e. The summed E-state index contributed by atoms with van der Waals surface area (Å²) in [4.78, 5) is 26.1. The van der Waals surface area contributed by atoms with Crippen LogP contribution in [0, 0.1) is 5.41 Å². The molecule has 1 aromatic carbocycles. The number of allylic oxidation sites excluding steroid dienone is 3. The maximum atomic E-state index is 13.2. The molecule has 0 saturated heterocycles. The Labute approximate surface area is 179 Å². The molecule has 0 radical (unpaired) electrons. The molecule has 1 N–H and O–H groups in total. The number of esters is 1. The summed E-state index contributed by atoms with van der Waals surface area (Å²) in [5.74, 6) is 0.0923. The number of carbonyl (C=O) groups is 2. The number of ketones is 1. The Bertz CT molecular complexity index is 877. The molecule has 0 bridgehead atoms. The molecule has 5 heteroatoms. The van der Waals surface area contributed by atoms with Crippen molar-refractivity contribution in [3.63, 3.8) is 0 Å². The highest BCUT2D eigenvalue weighted by Gasteiger charge is 2.43. The van der Waals surface area contributed by atoms with Crippen molar-refractivity contribution in [2.75, 3.05) is 13.2 Å². The van der Waals surface area contributed by atoms with Crippen molar-refractivity contribution in [1.82, 2.24) is 5.32 Å². The Morgan fingerprint density at radius 1 is 1.17 bits per heavy atom. The van der Waals surface area contributed by atoms with Gasteiger partial charge in [-0.25, -0.2) is 4.79 Å². The van der Waals surface area contributed by atoms with Gasteiger partial charge in [0.05, 0.1) is 18.8 Å². The van der Waals surface area contributed by atoms with E-state index in [2.05, 4.69) is 26.1 Å². The molecule has 5 nitrogen and oxygen atoms in total. The fourth-order valence-corrected chi connectivity index (χ4v) is 4.34. The molecule has 162 valence electrons. The molecule has 0 aromatic heterocycles. The Balaban J connectivity index is 2.02. The molecule has 0 saturated carbocycles. The molecular formula is C25H33NO4. The van der Waals surface area contributed by atoms with Gasteiger partial charge in [0.2, 0.25) is 0 Å². The first kappa shape index (κ1) is 22.1. The zero-order valence-electron chi connectivity index (χ0n) is 18.8. The molecule has 2 aliphatic rings. The van der Waals surface area contributed by atoms with Crippen LogP contribution < -0.4 is 10.1 Å². The second-order valence-electron chi connectivity index (χ2n) is 8.92. The summed E-state index contributed by atoms with van der Waals surface area (Å²) in [5, 5.41) is 3.35. The van der Waals surface area contributed by atoms with E-state index in [1.807, 2.05) is 31.2 Å².